The molecule has 0 bridgehead atoms. The maximum atomic E-state index is 5.34. The Kier molecular flexibility index (Phi) is 4.03. The normalized spacial score (nSPS) is 24.3. The molecule has 1 aromatic carbocycles. The van der Waals surface area contributed by atoms with Crippen molar-refractivity contribution in [2.45, 2.75) is 18.2 Å². The van der Waals surface area contributed by atoms with Gasteiger partial charge in [-0.3, -0.25) is 0 Å². The van der Waals surface area contributed by atoms with Crippen LogP contribution in [0.25, 0.3) is 0 Å². The summed E-state index contributed by atoms with van der Waals surface area (Å²) in [6, 6.07) is 4.02. The van der Waals surface area contributed by atoms with E-state index in [2.05, 4.69) is 38.8 Å². The van der Waals surface area contributed by atoms with E-state index in [1.165, 1.54) is 12.0 Å². The van der Waals surface area contributed by atoms with Crippen LogP contribution in [-0.2, 0) is 0 Å². The maximum Gasteiger partial charge on any atom is 0.161 e. The van der Waals surface area contributed by atoms with Crippen LogP contribution in [0.2, 0.25) is 0 Å². The molecule has 2 nitrogen and oxygen atoms in total. The van der Waals surface area contributed by atoms with E-state index in [4.69, 9.17) is 9.47 Å². The molecule has 0 spiro atoms. The number of alkyl halides is 1. The van der Waals surface area contributed by atoms with Gasteiger partial charge < -0.3 is 9.47 Å². The third-order valence-electron chi connectivity index (χ3n) is 3.35. The van der Waals surface area contributed by atoms with Crippen molar-refractivity contribution in [2.75, 3.05) is 14.2 Å². The fourth-order valence-corrected chi connectivity index (χ4v) is 4.06. The largest absolute Gasteiger partial charge is 0.493 e. The third kappa shape index (κ3) is 2.63. The van der Waals surface area contributed by atoms with Crippen LogP contribution in [0, 0.1) is 11.8 Å². The molecule has 3 unspecified atom stereocenters. The summed E-state index contributed by atoms with van der Waals surface area (Å²) in [5.41, 5.74) is 1.23. The van der Waals surface area contributed by atoms with Gasteiger partial charge in [-0.05, 0) is 36.0 Å². The van der Waals surface area contributed by atoms with E-state index in [-0.39, 0.29) is 0 Å². The van der Waals surface area contributed by atoms with Crippen LogP contribution >= 0.6 is 31.9 Å². The van der Waals surface area contributed by atoms with Crippen molar-refractivity contribution in [3.8, 4) is 11.5 Å². The molecule has 1 aliphatic carbocycles. The summed E-state index contributed by atoms with van der Waals surface area (Å²) < 4.78 is 11.7. The minimum atomic E-state index is 0.381. The van der Waals surface area contributed by atoms with Crippen LogP contribution in [0.4, 0.5) is 0 Å². The molecule has 1 saturated carbocycles. The highest BCUT2D eigenvalue weighted by molar-refractivity contribution is 9.11. The average Bonchev–Trinajstić information content (AvgIpc) is 3.05. The lowest BCUT2D eigenvalue weighted by atomic mass is 10.1. The molecule has 94 valence electrons. The van der Waals surface area contributed by atoms with E-state index in [1.54, 1.807) is 14.2 Å². The Morgan fingerprint density at radius 2 is 1.76 bits per heavy atom. The highest BCUT2D eigenvalue weighted by Crippen LogP contribution is 2.53. The van der Waals surface area contributed by atoms with E-state index in [0.29, 0.717) is 4.83 Å². The van der Waals surface area contributed by atoms with Gasteiger partial charge in [-0.25, -0.2) is 0 Å². The molecule has 1 aromatic rings. The minimum Gasteiger partial charge on any atom is -0.493 e. The number of methoxy groups -OCH3 is 2. The molecule has 1 aliphatic rings. The first-order valence-corrected chi connectivity index (χ1v) is 7.34. The standard InChI is InChI=1S/C13H16Br2O2/c1-7-4-8(7)13(15)9-5-11(16-2)12(17-3)6-10(9)14/h5-8,13H,4H2,1-3H3. The molecule has 17 heavy (non-hydrogen) atoms. The molecule has 0 aliphatic heterocycles. The smallest absolute Gasteiger partial charge is 0.161 e. The summed E-state index contributed by atoms with van der Waals surface area (Å²) in [6.45, 7) is 2.29. The van der Waals surface area contributed by atoms with E-state index >= 15 is 0 Å². The topological polar surface area (TPSA) is 18.5 Å². The average molecular weight is 364 g/mol. The van der Waals surface area contributed by atoms with Crippen LogP contribution in [0.15, 0.2) is 16.6 Å². The van der Waals surface area contributed by atoms with E-state index in [0.717, 1.165) is 27.8 Å². The van der Waals surface area contributed by atoms with Crippen molar-refractivity contribution < 1.29 is 9.47 Å². The molecular weight excluding hydrogens is 348 g/mol. The van der Waals surface area contributed by atoms with Crippen LogP contribution in [-0.4, -0.2) is 14.2 Å². The van der Waals surface area contributed by atoms with Crippen molar-refractivity contribution in [3.05, 3.63) is 22.2 Å². The summed E-state index contributed by atoms with van der Waals surface area (Å²) in [6.07, 6.45) is 1.29. The van der Waals surface area contributed by atoms with Crippen LogP contribution < -0.4 is 9.47 Å². The Morgan fingerprint density at radius 3 is 2.24 bits per heavy atom. The lowest BCUT2D eigenvalue weighted by Gasteiger charge is -2.15. The quantitative estimate of drug-likeness (QED) is 0.730. The van der Waals surface area contributed by atoms with Crippen LogP contribution in [0.3, 0.4) is 0 Å². The SMILES string of the molecule is COc1cc(Br)c(C(Br)C2CC2C)cc1OC. The number of halogens is 2. The first-order valence-electron chi connectivity index (χ1n) is 5.64. The minimum absolute atomic E-state index is 0.381. The summed E-state index contributed by atoms with van der Waals surface area (Å²) in [5.74, 6) is 3.07. The zero-order valence-electron chi connectivity index (χ0n) is 10.2. The van der Waals surface area contributed by atoms with E-state index in [1.807, 2.05) is 12.1 Å². The molecular formula is C13H16Br2O2. The molecule has 0 saturated heterocycles. The molecule has 1 fully saturated rings. The van der Waals surface area contributed by atoms with Crippen molar-refractivity contribution in [3.63, 3.8) is 0 Å². The summed E-state index contributed by atoms with van der Waals surface area (Å²) in [4.78, 5) is 0.381. The Morgan fingerprint density at radius 1 is 1.24 bits per heavy atom. The number of hydrogen-bond acceptors (Lipinski definition) is 2. The number of ether oxygens (including phenoxy) is 2. The highest BCUT2D eigenvalue weighted by Gasteiger charge is 2.39. The van der Waals surface area contributed by atoms with Crippen molar-refractivity contribution in [1.82, 2.24) is 0 Å². The molecule has 3 atom stereocenters. The second-order valence-electron chi connectivity index (χ2n) is 4.51. The fraction of sp³-hybridized carbons (Fsp3) is 0.538. The van der Waals surface area contributed by atoms with Crippen molar-refractivity contribution in [2.24, 2.45) is 11.8 Å². The fourth-order valence-electron chi connectivity index (χ4n) is 2.07. The summed E-state index contributed by atoms with van der Waals surface area (Å²) in [7, 11) is 3.32. The van der Waals surface area contributed by atoms with E-state index < -0.39 is 0 Å². The lowest BCUT2D eigenvalue weighted by molar-refractivity contribution is 0.354. The molecule has 0 radical (unpaired) electrons. The molecule has 0 N–H and O–H groups in total. The first kappa shape index (κ1) is 13.2. The van der Waals surface area contributed by atoms with Gasteiger partial charge >= 0.3 is 0 Å². The van der Waals surface area contributed by atoms with Gasteiger partial charge in [0.1, 0.15) is 0 Å². The van der Waals surface area contributed by atoms with Crippen LogP contribution in [0.5, 0.6) is 11.5 Å². The zero-order chi connectivity index (χ0) is 12.6. The second-order valence-corrected chi connectivity index (χ2v) is 6.35. The Labute approximate surface area is 119 Å². The van der Waals surface area contributed by atoms with E-state index in [9.17, 15) is 0 Å². The summed E-state index contributed by atoms with van der Waals surface area (Å²) in [5, 5.41) is 0. The number of hydrogen-bond donors (Lipinski definition) is 0. The van der Waals surface area contributed by atoms with Crippen LogP contribution in [0.1, 0.15) is 23.7 Å². The first-order chi connectivity index (χ1) is 8.08. The number of benzene rings is 1. The van der Waals surface area contributed by atoms with Gasteiger partial charge in [0.2, 0.25) is 0 Å². The molecule has 4 heteroatoms. The Balaban J connectivity index is 2.33. The molecule has 2 rings (SSSR count). The molecule has 0 heterocycles. The predicted octanol–water partition coefficient (Wildman–Crippen LogP) is 4.56. The Hall–Kier alpha value is -0.220. The highest BCUT2D eigenvalue weighted by atomic mass is 79.9. The van der Waals surface area contributed by atoms with Gasteiger partial charge in [0.05, 0.1) is 14.2 Å². The van der Waals surface area contributed by atoms with Gasteiger partial charge in [0.25, 0.3) is 0 Å². The Bertz CT molecular complexity index is 420. The zero-order valence-corrected chi connectivity index (χ0v) is 13.3. The van der Waals surface area contributed by atoms with Crippen molar-refractivity contribution >= 4 is 31.9 Å². The predicted molar refractivity (Wildman–Crippen MR) is 76.2 cm³/mol. The maximum absolute atomic E-state index is 5.34. The molecule has 0 aromatic heterocycles. The third-order valence-corrected chi connectivity index (χ3v) is 5.21. The van der Waals surface area contributed by atoms with Gasteiger partial charge in [0.15, 0.2) is 11.5 Å². The monoisotopic (exact) mass is 362 g/mol. The molecule has 0 amide bonds. The van der Waals surface area contributed by atoms with Gasteiger partial charge in [0, 0.05) is 9.30 Å². The second kappa shape index (κ2) is 5.19. The summed E-state index contributed by atoms with van der Waals surface area (Å²) >= 11 is 7.39. The van der Waals surface area contributed by atoms with Gasteiger partial charge in [-0.15, -0.1) is 0 Å². The number of rotatable bonds is 4. The van der Waals surface area contributed by atoms with Crippen molar-refractivity contribution in [1.29, 1.82) is 0 Å². The van der Waals surface area contributed by atoms with Gasteiger partial charge in [-0.1, -0.05) is 38.8 Å². The lowest BCUT2D eigenvalue weighted by Crippen LogP contribution is -1.98. The van der Waals surface area contributed by atoms with Gasteiger partial charge in [-0.2, -0.15) is 0 Å².